The molecule has 1 aromatic carbocycles. The van der Waals surface area contributed by atoms with Crippen molar-refractivity contribution in [2.75, 3.05) is 10.5 Å². The second-order valence-corrected chi connectivity index (χ2v) is 7.06. The zero-order chi connectivity index (χ0) is 14.8. The van der Waals surface area contributed by atoms with Crippen LogP contribution in [0.25, 0.3) is 0 Å². The maximum atomic E-state index is 11.5. The van der Waals surface area contributed by atoms with Crippen LogP contribution in [0.2, 0.25) is 0 Å². The Morgan fingerprint density at radius 1 is 1.32 bits per heavy atom. The summed E-state index contributed by atoms with van der Waals surface area (Å²) in [5.74, 6) is -2.64. The van der Waals surface area contributed by atoms with E-state index in [1.54, 1.807) is 0 Å². The van der Waals surface area contributed by atoms with Crippen molar-refractivity contribution in [2.24, 2.45) is 5.14 Å². The summed E-state index contributed by atoms with van der Waals surface area (Å²) < 4.78 is 47.2. The van der Waals surface area contributed by atoms with Crippen LogP contribution in [0, 0.1) is 6.92 Å². The molecule has 0 saturated carbocycles. The zero-order valence-electron chi connectivity index (χ0n) is 9.82. The van der Waals surface area contributed by atoms with Crippen LogP contribution in [-0.4, -0.2) is 33.7 Å². The van der Waals surface area contributed by atoms with Crippen molar-refractivity contribution in [1.29, 1.82) is 0 Å². The smallest absolute Gasteiger partial charge is 0.320 e. The number of primary sulfonamides is 1. The molecular weight excluding hydrogens is 296 g/mol. The monoisotopic (exact) mass is 308 g/mol. The topological polar surface area (TPSA) is 144 Å². The van der Waals surface area contributed by atoms with Gasteiger partial charge in [0.05, 0.1) is 10.6 Å². The molecular formula is C9H12N2O6S2. The molecule has 0 aliphatic rings. The van der Waals surface area contributed by atoms with Crippen LogP contribution in [-0.2, 0) is 24.8 Å². The fourth-order valence-electron chi connectivity index (χ4n) is 1.25. The number of carbonyl (C=O) groups is 1. The Labute approximate surface area is 110 Å². The van der Waals surface area contributed by atoms with Crippen molar-refractivity contribution in [3.05, 3.63) is 23.8 Å². The Kier molecular flexibility index (Phi) is 4.18. The van der Waals surface area contributed by atoms with Crippen LogP contribution in [0.5, 0.6) is 0 Å². The number of nitrogens with one attached hydrogen (secondary N) is 1. The first-order valence-corrected chi connectivity index (χ1v) is 8.07. The van der Waals surface area contributed by atoms with E-state index in [4.69, 9.17) is 10.2 Å². The number of benzene rings is 1. The Morgan fingerprint density at radius 2 is 1.89 bits per heavy atom. The van der Waals surface area contributed by atoms with Gasteiger partial charge in [-0.05, 0) is 24.6 Å². The third kappa shape index (κ3) is 4.50. The first-order chi connectivity index (χ1) is 8.51. The summed E-state index contributed by atoms with van der Waals surface area (Å²) in [4.78, 5) is 10.1. The summed E-state index contributed by atoms with van der Waals surface area (Å²) in [5, 5.41) is 13.4. The molecule has 0 aromatic heterocycles. The number of hydrogen-bond acceptors (Lipinski definition) is 5. The molecule has 0 saturated heterocycles. The van der Waals surface area contributed by atoms with Gasteiger partial charge >= 0.3 is 5.97 Å². The van der Waals surface area contributed by atoms with Crippen molar-refractivity contribution in [2.45, 2.75) is 11.8 Å². The van der Waals surface area contributed by atoms with E-state index in [0.29, 0.717) is 5.56 Å². The standard InChI is InChI=1S/C9H12N2O6S2/c1-6-2-3-7(19(10,16)17)4-8(6)11-18(14,15)5-9(12)13/h2-4,11H,5H2,1H3,(H,12,13)(H2,10,16,17). The van der Waals surface area contributed by atoms with Gasteiger partial charge in [-0.1, -0.05) is 6.07 Å². The van der Waals surface area contributed by atoms with Crippen LogP contribution in [0.4, 0.5) is 5.69 Å². The Hall–Kier alpha value is -1.65. The zero-order valence-corrected chi connectivity index (χ0v) is 11.5. The lowest BCUT2D eigenvalue weighted by atomic mass is 10.2. The fraction of sp³-hybridized carbons (Fsp3) is 0.222. The van der Waals surface area contributed by atoms with Gasteiger partial charge in [-0.2, -0.15) is 0 Å². The second-order valence-electron chi connectivity index (χ2n) is 3.78. The van der Waals surface area contributed by atoms with Crippen LogP contribution in [0.1, 0.15) is 5.56 Å². The normalized spacial score (nSPS) is 12.1. The Morgan fingerprint density at radius 3 is 2.37 bits per heavy atom. The van der Waals surface area contributed by atoms with E-state index in [1.165, 1.54) is 19.1 Å². The Bertz CT molecular complexity index is 708. The number of aliphatic carboxylic acids is 1. The lowest BCUT2D eigenvalue weighted by molar-refractivity contribution is -0.134. The minimum Gasteiger partial charge on any atom is -0.480 e. The average Bonchev–Trinajstić information content (AvgIpc) is 2.17. The van der Waals surface area contributed by atoms with Crippen LogP contribution in [0.3, 0.4) is 0 Å². The summed E-state index contributed by atoms with van der Waals surface area (Å²) in [5.41, 5.74) is 0.397. The molecule has 8 nitrogen and oxygen atoms in total. The third-order valence-electron chi connectivity index (χ3n) is 2.12. The lowest BCUT2D eigenvalue weighted by Gasteiger charge is -2.10. The van der Waals surface area contributed by atoms with E-state index in [9.17, 15) is 21.6 Å². The van der Waals surface area contributed by atoms with Gasteiger partial charge in [0.25, 0.3) is 0 Å². The predicted octanol–water partition coefficient (Wildman–Crippen LogP) is -0.531. The van der Waals surface area contributed by atoms with E-state index in [2.05, 4.69) is 0 Å². The molecule has 0 fully saturated rings. The van der Waals surface area contributed by atoms with E-state index in [-0.39, 0.29) is 10.6 Å². The molecule has 0 unspecified atom stereocenters. The average molecular weight is 308 g/mol. The summed E-state index contributed by atoms with van der Waals surface area (Å²) in [6.07, 6.45) is 0. The molecule has 1 rings (SSSR count). The number of aryl methyl sites for hydroxylation is 1. The molecule has 0 spiro atoms. The van der Waals surface area contributed by atoms with Gasteiger partial charge in [0.2, 0.25) is 20.0 Å². The molecule has 0 radical (unpaired) electrons. The van der Waals surface area contributed by atoms with Crippen molar-refractivity contribution >= 4 is 31.7 Å². The highest BCUT2D eigenvalue weighted by Gasteiger charge is 2.18. The molecule has 106 valence electrons. The summed E-state index contributed by atoms with van der Waals surface area (Å²) in [6.45, 7) is 1.53. The summed E-state index contributed by atoms with van der Waals surface area (Å²) in [7, 11) is -8.08. The van der Waals surface area contributed by atoms with E-state index in [0.717, 1.165) is 6.07 Å². The van der Waals surface area contributed by atoms with Gasteiger partial charge in [-0.15, -0.1) is 0 Å². The van der Waals surface area contributed by atoms with Crippen LogP contribution >= 0.6 is 0 Å². The van der Waals surface area contributed by atoms with Crippen molar-refractivity contribution < 1.29 is 26.7 Å². The highest BCUT2D eigenvalue weighted by atomic mass is 32.2. The number of anilines is 1. The fourth-order valence-corrected chi connectivity index (χ4v) is 2.75. The quantitative estimate of drug-likeness (QED) is 0.667. The number of sulfonamides is 2. The number of carboxylic acid groups (broad SMARTS) is 1. The van der Waals surface area contributed by atoms with Gasteiger partial charge in [0.15, 0.2) is 5.75 Å². The van der Waals surface area contributed by atoms with Gasteiger partial charge in [-0.25, -0.2) is 22.0 Å². The number of rotatable bonds is 5. The SMILES string of the molecule is Cc1ccc(S(N)(=O)=O)cc1NS(=O)(=O)CC(=O)O. The van der Waals surface area contributed by atoms with Crippen LogP contribution < -0.4 is 9.86 Å². The second kappa shape index (κ2) is 5.15. The van der Waals surface area contributed by atoms with Crippen molar-refractivity contribution in [3.8, 4) is 0 Å². The number of hydrogen-bond donors (Lipinski definition) is 3. The molecule has 19 heavy (non-hydrogen) atoms. The Balaban J connectivity index is 3.18. The maximum absolute atomic E-state index is 11.5. The molecule has 0 aliphatic heterocycles. The highest BCUT2D eigenvalue weighted by Crippen LogP contribution is 2.20. The highest BCUT2D eigenvalue weighted by molar-refractivity contribution is 7.93. The maximum Gasteiger partial charge on any atom is 0.320 e. The largest absolute Gasteiger partial charge is 0.480 e. The third-order valence-corrected chi connectivity index (χ3v) is 4.19. The molecule has 0 heterocycles. The van der Waals surface area contributed by atoms with E-state index in [1.807, 2.05) is 4.72 Å². The predicted molar refractivity (Wildman–Crippen MR) is 67.6 cm³/mol. The molecule has 4 N–H and O–H groups in total. The van der Waals surface area contributed by atoms with Crippen molar-refractivity contribution in [1.82, 2.24) is 0 Å². The molecule has 0 bridgehead atoms. The van der Waals surface area contributed by atoms with Crippen LogP contribution in [0.15, 0.2) is 23.1 Å². The lowest BCUT2D eigenvalue weighted by Crippen LogP contribution is -2.23. The van der Waals surface area contributed by atoms with Gasteiger partial charge in [0, 0.05) is 0 Å². The van der Waals surface area contributed by atoms with E-state index >= 15 is 0 Å². The molecule has 0 amide bonds. The summed E-state index contributed by atoms with van der Waals surface area (Å²) >= 11 is 0. The van der Waals surface area contributed by atoms with Gasteiger partial charge in [-0.3, -0.25) is 9.52 Å². The first kappa shape index (κ1) is 15.4. The molecule has 10 heteroatoms. The van der Waals surface area contributed by atoms with Crippen molar-refractivity contribution in [3.63, 3.8) is 0 Å². The molecule has 0 aliphatic carbocycles. The number of nitrogens with two attached hydrogens (primary N) is 1. The van der Waals surface area contributed by atoms with Gasteiger partial charge in [0.1, 0.15) is 0 Å². The minimum atomic E-state index is -4.10. The van der Waals surface area contributed by atoms with Gasteiger partial charge < -0.3 is 5.11 Å². The first-order valence-electron chi connectivity index (χ1n) is 4.87. The number of carboxylic acids is 1. The van der Waals surface area contributed by atoms with E-state index < -0.39 is 31.8 Å². The molecule has 0 atom stereocenters. The summed E-state index contributed by atoms with van der Waals surface area (Å²) in [6, 6.07) is 3.61. The molecule has 1 aromatic rings. The minimum absolute atomic E-state index is 0.0345.